The van der Waals surface area contributed by atoms with Crippen molar-refractivity contribution in [2.45, 2.75) is 75.5 Å². The molecule has 1 spiro atoms. The summed E-state index contributed by atoms with van der Waals surface area (Å²) in [6.45, 7) is 8.74. The first-order valence-electron chi connectivity index (χ1n) is 16.1. The molecular weight excluding hydrogens is 588 g/mol. The number of nitrogens with zero attached hydrogens (tertiary/aromatic N) is 5. The number of carbonyl (C=O) groups is 1. The Hall–Kier alpha value is -3.29. The van der Waals surface area contributed by atoms with Crippen molar-refractivity contribution in [2.24, 2.45) is 5.92 Å². The van der Waals surface area contributed by atoms with E-state index in [2.05, 4.69) is 45.7 Å². The lowest BCUT2D eigenvalue weighted by molar-refractivity contribution is -0.122. The number of piperidine rings is 1. The molecule has 3 N–H and O–H groups in total. The molecule has 2 saturated heterocycles. The molecule has 0 radical (unpaired) electrons. The molecule has 1 unspecified atom stereocenters. The second-order valence-electron chi connectivity index (χ2n) is 13.2. The maximum Gasteiger partial charge on any atom is 0.254 e. The van der Waals surface area contributed by atoms with E-state index in [1.54, 1.807) is 11.8 Å². The van der Waals surface area contributed by atoms with E-state index in [1.165, 1.54) is 0 Å². The summed E-state index contributed by atoms with van der Waals surface area (Å²) in [7, 11) is -0.972. The summed E-state index contributed by atoms with van der Waals surface area (Å²) in [6.07, 6.45) is 3.97. The predicted octanol–water partition coefficient (Wildman–Crippen LogP) is 3.49. The molecule has 3 aliphatic heterocycles. The van der Waals surface area contributed by atoms with E-state index in [1.807, 2.05) is 54.5 Å². The molecule has 12 heteroatoms. The normalized spacial score (nSPS) is 23.7. The smallest absolute Gasteiger partial charge is 0.254 e. The van der Waals surface area contributed by atoms with Gasteiger partial charge in [0.15, 0.2) is 8.32 Å². The first kappa shape index (κ1) is 31.7. The molecular formula is C33H46N6O5Si. The van der Waals surface area contributed by atoms with Gasteiger partial charge in [0, 0.05) is 61.3 Å². The standard InChI is InChI=1S/C33H46N6O5Si/c1-23-30(43-2)27-20-26(38-22-39(25-8-6-5-7-9-25)33(32(38)41)14-16-34-17-15-33)10-11-28(27)44-31(23)29(45(3,4)42)12-18-37-21-24(13-19-40)35-36-37/h5-11,20-21,23,29-31,34,40,42H,12-19,22H2,1-4H3/t23-,29?,30-,31-/m1/s1. The fraction of sp³-hybridized carbons (Fsp3) is 0.545. The fourth-order valence-electron chi connectivity index (χ4n) is 7.57. The number of rotatable bonds is 10. The van der Waals surface area contributed by atoms with Crippen LogP contribution in [-0.2, 0) is 22.5 Å². The molecule has 6 rings (SSSR count). The van der Waals surface area contributed by atoms with Crippen LogP contribution in [0.25, 0.3) is 0 Å². The predicted molar refractivity (Wildman–Crippen MR) is 175 cm³/mol. The van der Waals surface area contributed by atoms with E-state index in [-0.39, 0.29) is 36.2 Å². The lowest BCUT2D eigenvalue weighted by Gasteiger charge is -2.44. The summed E-state index contributed by atoms with van der Waals surface area (Å²) in [5, 5.41) is 21.0. The van der Waals surface area contributed by atoms with Gasteiger partial charge in [0.25, 0.3) is 5.91 Å². The van der Waals surface area contributed by atoms with E-state index in [0.717, 1.165) is 54.3 Å². The van der Waals surface area contributed by atoms with E-state index in [0.29, 0.717) is 26.1 Å². The van der Waals surface area contributed by atoms with Gasteiger partial charge in [0.05, 0.1) is 18.5 Å². The van der Waals surface area contributed by atoms with Crippen LogP contribution in [0.2, 0.25) is 18.6 Å². The third-order valence-electron chi connectivity index (χ3n) is 9.99. The first-order chi connectivity index (χ1) is 21.7. The van der Waals surface area contributed by atoms with E-state index < -0.39 is 13.9 Å². The zero-order valence-corrected chi connectivity index (χ0v) is 27.7. The minimum absolute atomic E-state index is 0.0282. The van der Waals surface area contributed by atoms with Crippen LogP contribution in [0.15, 0.2) is 54.7 Å². The molecule has 45 heavy (non-hydrogen) atoms. The average Bonchev–Trinajstić information content (AvgIpc) is 3.59. The Morgan fingerprint density at radius 3 is 2.60 bits per heavy atom. The molecule has 0 bridgehead atoms. The Morgan fingerprint density at radius 1 is 1.16 bits per heavy atom. The number of aryl methyl sites for hydroxylation is 1. The van der Waals surface area contributed by atoms with Crippen molar-refractivity contribution in [3.8, 4) is 5.75 Å². The van der Waals surface area contributed by atoms with Crippen LogP contribution in [0, 0.1) is 5.92 Å². The maximum atomic E-state index is 14.3. The van der Waals surface area contributed by atoms with Crippen molar-refractivity contribution in [1.82, 2.24) is 20.3 Å². The largest absolute Gasteiger partial charge is 0.490 e. The third-order valence-corrected chi connectivity index (χ3v) is 12.4. The van der Waals surface area contributed by atoms with Gasteiger partial charge < -0.3 is 29.6 Å². The van der Waals surface area contributed by atoms with Crippen LogP contribution in [0.1, 0.15) is 43.5 Å². The van der Waals surface area contributed by atoms with E-state index in [4.69, 9.17) is 9.47 Å². The molecule has 1 amide bonds. The average molecular weight is 635 g/mol. The Balaban J connectivity index is 1.27. The molecule has 242 valence electrons. The molecule has 2 fully saturated rings. The SMILES string of the molecule is CO[C@H]1c2cc(N3CN(c4ccccc4)C4(CCNCC4)C3=O)ccc2O[C@@H](C(CCn2cc(CCO)nn2)[Si](C)(C)O)[C@@H]1C. The molecule has 4 atom stereocenters. The summed E-state index contributed by atoms with van der Waals surface area (Å²) in [5.74, 6) is 0.812. The number of anilines is 2. The van der Waals surface area contributed by atoms with Crippen molar-refractivity contribution >= 4 is 25.6 Å². The maximum absolute atomic E-state index is 14.3. The first-order valence-corrected chi connectivity index (χ1v) is 19.1. The lowest BCUT2D eigenvalue weighted by atomic mass is 9.85. The van der Waals surface area contributed by atoms with Crippen molar-refractivity contribution in [2.75, 3.05) is 43.3 Å². The third kappa shape index (κ3) is 6.01. The summed E-state index contributed by atoms with van der Waals surface area (Å²) >= 11 is 0. The van der Waals surface area contributed by atoms with Gasteiger partial charge in [-0.15, -0.1) is 5.10 Å². The molecule has 3 aromatic rings. The number of amides is 1. The number of methoxy groups -OCH3 is 1. The van der Waals surface area contributed by atoms with Gasteiger partial charge in [0.2, 0.25) is 0 Å². The van der Waals surface area contributed by atoms with Crippen LogP contribution < -0.4 is 19.9 Å². The number of fused-ring (bicyclic) bond motifs is 1. The zero-order chi connectivity index (χ0) is 31.8. The Kier molecular flexibility index (Phi) is 9.04. The summed E-state index contributed by atoms with van der Waals surface area (Å²) in [6, 6.07) is 16.2. The number of aliphatic hydroxyl groups excluding tert-OH is 1. The summed E-state index contributed by atoms with van der Waals surface area (Å²) in [5.41, 5.74) is 2.89. The minimum atomic E-state index is -2.69. The number of hydrogen-bond acceptors (Lipinski definition) is 9. The van der Waals surface area contributed by atoms with Crippen LogP contribution in [0.4, 0.5) is 11.4 Å². The topological polar surface area (TPSA) is 125 Å². The lowest BCUT2D eigenvalue weighted by Crippen LogP contribution is -2.55. The van der Waals surface area contributed by atoms with Crippen LogP contribution >= 0.6 is 0 Å². The van der Waals surface area contributed by atoms with Gasteiger partial charge in [-0.2, -0.15) is 0 Å². The molecule has 2 aromatic carbocycles. The van der Waals surface area contributed by atoms with E-state index >= 15 is 0 Å². The second-order valence-corrected chi connectivity index (χ2v) is 17.3. The molecule has 0 saturated carbocycles. The van der Waals surface area contributed by atoms with Gasteiger partial charge in [-0.25, -0.2) is 0 Å². The van der Waals surface area contributed by atoms with Crippen molar-refractivity contribution < 1.29 is 24.2 Å². The van der Waals surface area contributed by atoms with Gasteiger partial charge in [0.1, 0.15) is 17.4 Å². The molecule has 3 aliphatic rings. The van der Waals surface area contributed by atoms with Crippen LogP contribution in [-0.4, -0.2) is 84.2 Å². The highest BCUT2D eigenvalue weighted by atomic mass is 28.4. The highest BCUT2D eigenvalue weighted by molar-refractivity contribution is 6.71. The number of hydrogen-bond donors (Lipinski definition) is 3. The molecule has 0 aliphatic carbocycles. The quantitative estimate of drug-likeness (QED) is 0.288. The van der Waals surface area contributed by atoms with Crippen LogP contribution in [0.3, 0.4) is 0 Å². The number of carbonyl (C=O) groups excluding carboxylic acids is 1. The van der Waals surface area contributed by atoms with Crippen molar-refractivity contribution in [3.63, 3.8) is 0 Å². The Labute approximate surface area is 266 Å². The van der Waals surface area contributed by atoms with Gasteiger partial charge >= 0.3 is 0 Å². The number of benzene rings is 2. The summed E-state index contributed by atoms with van der Waals surface area (Å²) in [4.78, 5) is 29.9. The molecule has 11 nitrogen and oxygen atoms in total. The minimum Gasteiger partial charge on any atom is -0.490 e. The number of nitrogens with one attached hydrogen (secondary N) is 1. The van der Waals surface area contributed by atoms with Gasteiger partial charge in [-0.1, -0.05) is 30.3 Å². The van der Waals surface area contributed by atoms with Crippen molar-refractivity contribution in [3.05, 3.63) is 66.0 Å². The molecule has 4 heterocycles. The monoisotopic (exact) mass is 634 g/mol. The summed E-state index contributed by atoms with van der Waals surface area (Å²) < 4.78 is 14.7. The fourth-order valence-corrected chi connectivity index (χ4v) is 9.58. The Bertz CT molecular complexity index is 1470. The van der Waals surface area contributed by atoms with E-state index in [9.17, 15) is 14.7 Å². The number of aromatic nitrogens is 3. The zero-order valence-electron chi connectivity index (χ0n) is 26.7. The van der Waals surface area contributed by atoms with Crippen LogP contribution in [0.5, 0.6) is 5.75 Å². The second kappa shape index (κ2) is 12.8. The van der Waals surface area contributed by atoms with Gasteiger partial charge in [-0.3, -0.25) is 14.4 Å². The number of ether oxygens (including phenoxy) is 2. The highest BCUT2D eigenvalue weighted by Crippen LogP contribution is 2.48. The molecule has 1 aromatic heterocycles. The number of para-hydroxylation sites is 1. The number of aliphatic hydroxyl groups is 1. The van der Waals surface area contributed by atoms with Crippen molar-refractivity contribution in [1.29, 1.82) is 0 Å². The van der Waals surface area contributed by atoms with Gasteiger partial charge in [-0.05, 0) is 75.8 Å². The highest BCUT2D eigenvalue weighted by Gasteiger charge is 2.53. The Morgan fingerprint density at radius 2 is 1.91 bits per heavy atom.